The minimum atomic E-state index is -0.649. The molecule has 0 aliphatic heterocycles. The number of primary amides is 1. The summed E-state index contributed by atoms with van der Waals surface area (Å²) in [7, 11) is 0. The topological polar surface area (TPSA) is 114 Å². The van der Waals surface area contributed by atoms with Gasteiger partial charge in [0.1, 0.15) is 5.58 Å². The van der Waals surface area contributed by atoms with Crippen LogP contribution in [0.15, 0.2) is 46.9 Å². The van der Waals surface area contributed by atoms with Gasteiger partial charge in [-0.1, -0.05) is 11.6 Å². The Morgan fingerprint density at radius 2 is 2.00 bits per heavy atom. The van der Waals surface area contributed by atoms with Crippen molar-refractivity contribution in [3.05, 3.63) is 58.9 Å². The highest BCUT2D eigenvalue weighted by molar-refractivity contribution is 6.31. The number of nitrogens with two attached hydrogens (primary N) is 1. The number of carbonyl (C=O) groups is 2. The minimum absolute atomic E-state index is 0.115. The summed E-state index contributed by atoms with van der Waals surface area (Å²) in [4.78, 5) is 23.8. The highest BCUT2D eigenvalue weighted by atomic mass is 35.5. The SMILES string of the molecule is NC(=O)c1n[nH]c2ccc(NC(=O)c3cc4cc(Cl)ccc4o3)cc12. The lowest BCUT2D eigenvalue weighted by Gasteiger charge is -2.03. The van der Waals surface area contributed by atoms with Gasteiger partial charge in [-0.25, -0.2) is 0 Å². The first-order valence-corrected chi connectivity index (χ1v) is 7.67. The molecular weight excluding hydrogens is 344 g/mol. The zero-order chi connectivity index (χ0) is 17.6. The third-order valence-corrected chi connectivity index (χ3v) is 3.99. The Balaban J connectivity index is 1.66. The number of carbonyl (C=O) groups excluding carboxylic acids is 2. The van der Waals surface area contributed by atoms with Crippen molar-refractivity contribution in [3.8, 4) is 0 Å². The summed E-state index contributed by atoms with van der Waals surface area (Å²) in [5, 5.41) is 11.1. The summed E-state index contributed by atoms with van der Waals surface area (Å²) in [6.07, 6.45) is 0. The highest BCUT2D eigenvalue weighted by Gasteiger charge is 2.15. The number of halogens is 1. The number of anilines is 1. The lowest BCUT2D eigenvalue weighted by Crippen LogP contribution is -2.12. The maximum absolute atomic E-state index is 12.4. The van der Waals surface area contributed by atoms with E-state index in [2.05, 4.69) is 15.5 Å². The molecule has 0 saturated heterocycles. The van der Waals surface area contributed by atoms with Crippen LogP contribution in [0.1, 0.15) is 21.0 Å². The van der Waals surface area contributed by atoms with Gasteiger partial charge < -0.3 is 15.5 Å². The number of aromatic nitrogens is 2. The summed E-state index contributed by atoms with van der Waals surface area (Å²) < 4.78 is 5.53. The maximum atomic E-state index is 12.4. The Bertz CT molecular complexity index is 1150. The molecule has 2 heterocycles. The normalized spacial score (nSPS) is 11.1. The molecule has 124 valence electrons. The molecule has 0 aliphatic rings. The van der Waals surface area contributed by atoms with Crippen molar-refractivity contribution in [2.45, 2.75) is 0 Å². The molecule has 2 aromatic heterocycles. The third kappa shape index (κ3) is 2.70. The Morgan fingerprint density at radius 1 is 1.16 bits per heavy atom. The average molecular weight is 355 g/mol. The summed E-state index contributed by atoms with van der Waals surface area (Å²) in [5.41, 5.74) is 7.10. The average Bonchev–Trinajstić information content (AvgIpc) is 3.17. The molecule has 4 N–H and O–H groups in total. The number of nitrogens with one attached hydrogen (secondary N) is 2. The molecule has 7 nitrogen and oxygen atoms in total. The lowest BCUT2D eigenvalue weighted by atomic mass is 10.2. The molecule has 0 radical (unpaired) electrons. The van der Waals surface area contributed by atoms with Crippen LogP contribution < -0.4 is 11.1 Å². The van der Waals surface area contributed by atoms with E-state index in [1.165, 1.54) is 0 Å². The van der Waals surface area contributed by atoms with E-state index < -0.39 is 11.8 Å². The molecule has 2 amide bonds. The molecular formula is C17H11ClN4O3. The van der Waals surface area contributed by atoms with Crippen molar-refractivity contribution in [3.63, 3.8) is 0 Å². The van der Waals surface area contributed by atoms with Gasteiger partial charge in [0.15, 0.2) is 11.5 Å². The van der Waals surface area contributed by atoms with Crippen LogP contribution in [0.4, 0.5) is 5.69 Å². The van der Waals surface area contributed by atoms with Gasteiger partial charge in [-0.3, -0.25) is 14.7 Å². The number of benzene rings is 2. The standard InChI is InChI=1S/C17H11ClN4O3/c18-9-1-4-13-8(5-9)6-14(25-13)17(24)20-10-2-3-12-11(7-10)15(16(19)23)22-21-12/h1-7H,(H2,19,23)(H,20,24)(H,21,22). The second-order valence-electron chi connectivity index (χ2n) is 5.44. The quantitative estimate of drug-likeness (QED) is 0.523. The van der Waals surface area contributed by atoms with E-state index in [1.54, 1.807) is 42.5 Å². The van der Waals surface area contributed by atoms with Crippen LogP contribution in [0.2, 0.25) is 5.02 Å². The first-order valence-electron chi connectivity index (χ1n) is 7.29. The van der Waals surface area contributed by atoms with E-state index >= 15 is 0 Å². The zero-order valence-corrected chi connectivity index (χ0v) is 13.4. The van der Waals surface area contributed by atoms with Crippen LogP contribution in [0, 0.1) is 0 Å². The molecule has 0 fully saturated rings. The van der Waals surface area contributed by atoms with Crippen LogP contribution in [0.25, 0.3) is 21.9 Å². The van der Waals surface area contributed by atoms with Gasteiger partial charge in [0, 0.05) is 21.5 Å². The Morgan fingerprint density at radius 3 is 2.80 bits per heavy atom. The van der Waals surface area contributed by atoms with Crippen molar-refractivity contribution in [1.29, 1.82) is 0 Å². The van der Waals surface area contributed by atoms with Gasteiger partial charge >= 0.3 is 0 Å². The van der Waals surface area contributed by atoms with Crippen LogP contribution in [0.5, 0.6) is 0 Å². The van der Waals surface area contributed by atoms with E-state index in [-0.39, 0.29) is 11.5 Å². The summed E-state index contributed by atoms with van der Waals surface area (Å²) in [6, 6.07) is 11.7. The number of amides is 2. The van der Waals surface area contributed by atoms with Crippen molar-refractivity contribution >= 4 is 51.0 Å². The molecule has 0 spiro atoms. The van der Waals surface area contributed by atoms with Crippen molar-refractivity contribution in [1.82, 2.24) is 10.2 Å². The van der Waals surface area contributed by atoms with E-state index in [0.717, 1.165) is 5.39 Å². The fourth-order valence-corrected chi connectivity index (χ4v) is 2.78. The lowest BCUT2D eigenvalue weighted by molar-refractivity contribution is 0.0990. The highest BCUT2D eigenvalue weighted by Crippen LogP contribution is 2.25. The summed E-state index contributed by atoms with van der Waals surface area (Å²) in [5.74, 6) is -0.917. The fourth-order valence-electron chi connectivity index (χ4n) is 2.60. The van der Waals surface area contributed by atoms with Crippen LogP contribution in [0.3, 0.4) is 0 Å². The van der Waals surface area contributed by atoms with Crippen LogP contribution in [-0.2, 0) is 0 Å². The molecule has 0 unspecified atom stereocenters. The molecule has 25 heavy (non-hydrogen) atoms. The minimum Gasteiger partial charge on any atom is -0.451 e. The number of hydrogen-bond acceptors (Lipinski definition) is 4. The van der Waals surface area contributed by atoms with Crippen molar-refractivity contribution in [2.75, 3.05) is 5.32 Å². The first-order chi connectivity index (χ1) is 12.0. The van der Waals surface area contributed by atoms with Crippen molar-refractivity contribution in [2.24, 2.45) is 5.73 Å². The van der Waals surface area contributed by atoms with Crippen LogP contribution in [-0.4, -0.2) is 22.0 Å². The monoisotopic (exact) mass is 354 g/mol. The van der Waals surface area contributed by atoms with E-state index in [1.807, 2.05) is 0 Å². The van der Waals surface area contributed by atoms with Gasteiger partial charge in [0.05, 0.1) is 5.52 Å². The number of H-pyrrole nitrogens is 1. The second-order valence-corrected chi connectivity index (χ2v) is 5.88. The third-order valence-electron chi connectivity index (χ3n) is 3.76. The largest absolute Gasteiger partial charge is 0.451 e. The Kier molecular flexibility index (Phi) is 3.43. The van der Waals surface area contributed by atoms with Crippen molar-refractivity contribution < 1.29 is 14.0 Å². The fraction of sp³-hybridized carbons (Fsp3) is 0. The van der Waals surface area contributed by atoms with E-state index in [4.69, 9.17) is 21.8 Å². The predicted molar refractivity (Wildman–Crippen MR) is 93.8 cm³/mol. The zero-order valence-electron chi connectivity index (χ0n) is 12.7. The maximum Gasteiger partial charge on any atom is 0.291 e. The summed E-state index contributed by atoms with van der Waals surface area (Å²) in [6.45, 7) is 0. The molecule has 8 heteroatoms. The van der Waals surface area contributed by atoms with Crippen LogP contribution >= 0.6 is 11.6 Å². The molecule has 0 atom stereocenters. The van der Waals surface area contributed by atoms with Gasteiger partial charge in [-0.05, 0) is 42.5 Å². The summed E-state index contributed by atoms with van der Waals surface area (Å²) >= 11 is 5.93. The van der Waals surface area contributed by atoms with E-state index in [9.17, 15) is 9.59 Å². The number of rotatable bonds is 3. The van der Waals surface area contributed by atoms with E-state index in [0.29, 0.717) is 27.2 Å². The number of nitrogens with zero attached hydrogens (tertiary/aromatic N) is 1. The number of fused-ring (bicyclic) bond motifs is 2. The smallest absolute Gasteiger partial charge is 0.291 e. The van der Waals surface area contributed by atoms with Gasteiger partial charge in [-0.15, -0.1) is 0 Å². The molecule has 4 rings (SSSR count). The van der Waals surface area contributed by atoms with Gasteiger partial charge in [0.2, 0.25) is 0 Å². The predicted octanol–water partition coefficient (Wildman–Crippen LogP) is 3.31. The number of furan rings is 1. The van der Waals surface area contributed by atoms with Gasteiger partial charge in [0.25, 0.3) is 11.8 Å². The molecule has 0 aliphatic carbocycles. The molecule has 2 aromatic carbocycles. The second kappa shape index (κ2) is 5.64. The number of aromatic amines is 1. The number of hydrogen-bond donors (Lipinski definition) is 3. The Hall–Kier alpha value is -3.32. The van der Waals surface area contributed by atoms with Gasteiger partial charge in [-0.2, -0.15) is 5.10 Å². The molecule has 0 saturated carbocycles. The molecule has 0 bridgehead atoms. The first kappa shape index (κ1) is 15.2. The molecule has 4 aromatic rings. The Labute approximate surface area is 145 Å².